The van der Waals surface area contributed by atoms with Crippen LogP contribution in [0, 0.1) is 5.92 Å². The minimum atomic E-state index is -0.503. The topological polar surface area (TPSA) is 78.5 Å². The zero-order valence-electron chi connectivity index (χ0n) is 10.6. The average Bonchev–Trinajstić information content (AvgIpc) is 2.38. The zero-order chi connectivity index (χ0) is 13.1. The summed E-state index contributed by atoms with van der Waals surface area (Å²) < 4.78 is 0. The van der Waals surface area contributed by atoms with Crippen molar-refractivity contribution in [2.75, 3.05) is 19.6 Å². The van der Waals surface area contributed by atoms with Gasteiger partial charge in [0.05, 0.1) is 5.92 Å². The van der Waals surface area contributed by atoms with E-state index in [9.17, 15) is 14.4 Å². The summed E-state index contributed by atoms with van der Waals surface area (Å²) >= 11 is 0. The van der Waals surface area contributed by atoms with Crippen LogP contribution in [0.3, 0.4) is 0 Å². The summed E-state index contributed by atoms with van der Waals surface area (Å²) in [6.07, 6.45) is 2.32. The largest absolute Gasteiger partial charge is 0.321 e. The van der Waals surface area contributed by atoms with Crippen LogP contribution in [0.25, 0.3) is 0 Å². The van der Waals surface area contributed by atoms with E-state index in [-0.39, 0.29) is 30.2 Å². The number of amides is 3. The summed E-state index contributed by atoms with van der Waals surface area (Å²) in [5, 5.41) is 5.46. The summed E-state index contributed by atoms with van der Waals surface area (Å²) in [6.45, 7) is 3.42. The molecule has 6 nitrogen and oxygen atoms in total. The first-order valence-corrected chi connectivity index (χ1v) is 6.48. The van der Waals surface area contributed by atoms with Crippen LogP contribution in [0.5, 0.6) is 0 Å². The Hall–Kier alpha value is -1.43. The molecule has 100 valence electrons. The molecule has 2 aliphatic heterocycles. The number of hydrogen-bond acceptors (Lipinski definition) is 4. The molecule has 0 aliphatic carbocycles. The third kappa shape index (κ3) is 2.53. The quantitative estimate of drug-likeness (QED) is 0.635. The van der Waals surface area contributed by atoms with Crippen LogP contribution >= 0.6 is 0 Å². The molecule has 2 heterocycles. The number of nitrogens with one attached hydrogen (secondary N) is 2. The van der Waals surface area contributed by atoms with Crippen molar-refractivity contribution >= 4 is 17.7 Å². The van der Waals surface area contributed by atoms with Crippen molar-refractivity contribution in [3.8, 4) is 0 Å². The smallest absolute Gasteiger partial charge is 0.249 e. The highest BCUT2D eigenvalue weighted by atomic mass is 16.2. The van der Waals surface area contributed by atoms with E-state index in [1.807, 2.05) is 6.92 Å². The third-order valence-corrected chi connectivity index (χ3v) is 3.57. The Morgan fingerprint density at radius 1 is 1.44 bits per heavy atom. The van der Waals surface area contributed by atoms with Crippen LogP contribution in [-0.2, 0) is 14.4 Å². The summed E-state index contributed by atoms with van der Waals surface area (Å²) in [6, 6.07) is -0.503. The van der Waals surface area contributed by atoms with Gasteiger partial charge in [-0.15, -0.1) is 0 Å². The van der Waals surface area contributed by atoms with Crippen molar-refractivity contribution in [1.82, 2.24) is 15.5 Å². The highest BCUT2D eigenvalue weighted by Gasteiger charge is 2.38. The molecule has 2 N–H and O–H groups in total. The van der Waals surface area contributed by atoms with E-state index in [0.29, 0.717) is 13.0 Å². The molecule has 0 aromatic carbocycles. The number of piperazine rings is 1. The highest BCUT2D eigenvalue weighted by molar-refractivity contribution is 6.04. The average molecular weight is 253 g/mol. The van der Waals surface area contributed by atoms with E-state index < -0.39 is 6.04 Å². The van der Waals surface area contributed by atoms with Gasteiger partial charge in [0, 0.05) is 6.54 Å². The second-order valence-corrected chi connectivity index (χ2v) is 4.85. The first-order chi connectivity index (χ1) is 8.63. The second-order valence-electron chi connectivity index (χ2n) is 4.85. The summed E-state index contributed by atoms with van der Waals surface area (Å²) in [4.78, 5) is 36.9. The van der Waals surface area contributed by atoms with Gasteiger partial charge in [-0.25, -0.2) is 0 Å². The van der Waals surface area contributed by atoms with Gasteiger partial charge in [-0.1, -0.05) is 6.92 Å². The van der Waals surface area contributed by atoms with Gasteiger partial charge in [-0.3, -0.25) is 19.7 Å². The molecule has 18 heavy (non-hydrogen) atoms. The van der Waals surface area contributed by atoms with Crippen molar-refractivity contribution in [3.05, 3.63) is 0 Å². The van der Waals surface area contributed by atoms with E-state index in [2.05, 4.69) is 10.6 Å². The predicted molar refractivity (Wildman–Crippen MR) is 64.5 cm³/mol. The van der Waals surface area contributed by atoms with Crippen LogP contribution in [0.1, 0.15) is 26.2 Å². The monoisotopic (exact) mass is 253 g/mol. The van der Waals surface area contributed by atoms with Crippen molar-refractivity contribution in [2.45, 2.75) is 32.2 Å². The number of rotatable bonds is 2. The molecule has 0 saturated carbocycles. The van der Waals surface area contributed by atoms with Crippen LogP contribution in [-0.4, -0.2) is 48.3 Å². The maximum Gasteiger partial charge on any atom is 0.249 e. The molecule has 0 bridgehead atoms. The molecule has 2 atom stereocenters. The van der Waals surface area contributed by atoms with Crippen molar-refractivity contribution in [1.29, 1.82) is 0 Å². The van der Waals surface area contributed by atoms with Gasteiger partial charge in [0.25, 0.3) is 0 Å². The summed E-state index contributed by atoms with van der Waals surface area (Å²) in [5.41, 5.74) is 0. The molecule has 2 saturated heterocycles. The number of carbonyl (C=O) groups is 3. The standard InChI is InChI=1S/C12H19N3O3/c1-2-9-11(17)14-10(16)7-15(9)12(18)8-4-3-5-13-6-8/h8-9,13H,2-7H2,1H3,(H,14,16,17). The van der Waals surface area contributed by atoms with E-state index >= 15 is 0 Å². The second kappa shape index (κ2) is 5.48. The molecular weight excluding hydrogens is 234 g/mol. The molecular formula is C12H19N3O3. The molecule has 0 radical (unpaired) electrons. The Morgan fingerprint density at radius 3 is 2.83 bits per heavy atom. The van der Waals surface area contributed by atoms with Crippen molar-refractivity contribution in [3.63, 3.8) is 0 Å². The van der Waals surface area contributed by atoms with Gasteiger partial charge in [0.2, 0.25) is 17.7 Å². The van der Waals surface area contributed by atoms with Crippen molar-refractivity contribution in [2.24, 2.45) is 5.92 Å². The lowest BCUT2D eigenvalue weighted by Crippen LogP contribution is -2.61. The summed E-state index contributed by atoms with van der Waals surface area (Å²) in [5.74, 6) is -0.920. The maximum absolute atomic E-state index is 12.4. The predicted octanol–water partition coefficient (Wildman–Crippen LogP) is -0.750. The summed E-state index contributed by atoms with van der Waals surface area (Å²) in [7, 11) is 0. The van der Waals surface area contributed by atoms with Gasteiger partial charge >= 0.3 is 0 Å². The number of nitrogens with zero attached hydrogens (tertiary/aromatic N) is 1. The van der Waals surface area contributed by atoms with Gasteiger partial charge in [0.1, 0.15) is 12.6 Å². The van der Waals surface area contributed by atoms with E-state index in [0.717, 1.165) is 19.4 Å². The molecule has 3 amide bonds. The van der Waals surface area contributed by atoms with Gasteiger partial charge in [-0.2, -0.15) is 0 Å². The zero-order valence-corrected chi connectivity index (χ0v) is 10.6. The number of piperidine rings is 1. The van der Waals surface area contributed by atoms with Gasteiger partial charge in [-0.05, 0) is 25.8 Å². The molecule has 2 fully saturated rings. The SMILES string of the molecule is CCC1C(=O)NC(=O)CN1C(=O)C1CCCNC1. The molecule has 2 aliphatic rings. The Labute approximate surface area is 106 Å². The van der Waals surface area contributed by atoms with Gasteiger partial charge < -0.3 is 10.2 Å². The first kappa shape index (κ1) is 13.0. The van der Waals surface area contributed by atoms with Gasteiger partial charge in [0.15, 0.2) is 0 Å². The first-order valence-electron chi connectivity index (χ1n) is 6.48. The van der Waals surface area contributed by atoms with E-state index in [1.165, 1.54) is 4.90 Å². The fourth-order valence-corrected chi connectivity index (χ4v) is 2.60. The lowest BCUT2D eigenvalue weighted by molar-refractivity contribution is -0.152. The van der Waals surface area contributed by atoms with Crippen LogP contribution in [0.4, 0.5) is 0 Å². The Bertz CT molecular complexity index is 364. The minimum absolute atomic E-state index is 0.000417. The Balaban J connectivity index is 2.10. The van der Waals surface area contributed by atoms with Crippen molar-refractivity contribution < 1.29 is 14.4 Å². The van der Waals surface area contributed by atoms with Crippen LogP contribution < -0.4 is 10.6 Å². The maximum atomic E-state index is 12.4. The van der Waals surface area contributed by atoms with E-state index in [1.54, 1.807) is 0 Å². The highest BCUT2D eigenvalue weighted by Crippen LogP contribution is 2.18. The van der Waals surface area contributed by atoms with Crippen LogP contribution in [0.15, 0.2) is 0 Å². The molecule has 0 aromatic rings. The Kier molecular flexibility index (Phi) is 3.96. The molecule has 6 heteroatoms. The van der Waals surface area contributed by atoms with Crippen LogP contribution in [0.2, 0.25) is 0 Å². The fourth-order valence-electron chi connectivity index (χ4n) is 2.60. The lowest BCUT2D eigenvalue weighted by Gasteiger charge is -2.36. The minimum Gasteiger partial charge on any atom is -0.321 e. The number of hydrogen-bond donors (Lipinski definition) is 2. The molecule has 0 aromatic heterocycles. The third-order valence-electron chi connectivity index (χ3n) is 3.57. The molecule has 2 unspecified atom stereocenters. The Morgan fingerprint density at radius 2 is 2.22 bits per heavy atom. The normalized spacial score (nSPS) is 29.1. The lowest BCUT2D eigenvalue weighted by atomic mass is 9.96. The number of imide groups is 1. The fraction of sp³-hybridized carbons (Fsp3) is 0.750. The number of carbonyl (C=O) groups excluding carboxylic acids is 3. The molecule has 0 spiro atoms. The molecule has 2 rings (SSSR count). The van der Waals surface area contributed by atoms with E-state index in [4.69, 9.17) is 0 Å².